The normalized spacial score (nSPS) is 14.7. The minimum Gasteiger partial charge on any atom is -0.477 e. The minimum absolute atomic E-state index is 0.0976. The van der Waals surface area contributed by atoms with Crippen LogP contribution in [0.15, 0.2) is 24.4 Å². The highest BCUT2D eigenvalue weighted by atomic mass is 35.5. The Kier molecular flexibility index (Phi) is 6.72. The van der Waals surface area contributed by atoms with Crippen LogP contribution in [-0.4, -0.2) is 33.9 Å². The van der Waals surface area contributed by atoms with Gasteiger partial charge in [-0.05, 0) is 30.4 Å². The molecule has 7 heteroatoms. The van der Waals surface area contributed by atoms with Gasteiger partial charge in [0.25, 0.3) is 0 Å². The monoisotopic (exact) mass is 391 g/mol. The van der Waals surface area contributed by atoms with Crippen molar-refractivity contribution in [1.82, 2.24) is 14.8 Å². The highest BCUT2D eigenvalue weighted by Gasteiger charge is 2.16. The summed E-state index contributed by atoms with van der Waals surface area (Å²) in [6.45, 7) is 4.97. The lowest BCUT2D eigenvalue weighted by Crippen LogP contribution is -2.12. The summed E-state index contributed by atoms with van der Waals surface area (Å²) in [7, 11) is 0. The van der Waals surface area contributed by atoms with Crippen LogP contribution in [-0.2, 0) is 4.74 Å². The number of hydrogen-bond acceptors (Lipinski definition) is 5. The molecular formula is C20H26ClN3O3. The Morgan fingerprint density at radius 3 is 2.78 bits per heavy atom. The highest BCUT2D eigenvalue weighted by Crippen LogP contribution is 2.27. The number of ether oxygens (including phenoxy) is 2. The van der Waals surface area contributed by atoms with Gasteiger partial charge in [-0.1, -0.05) is 51.1 Å². The molecule has 27 heavy (non-hydrogen) atoms. The molecule has 0 unspecified atom stereocenters. The zero-order valence-corrected chi connectivity index (χ0v) is 16.6. The Morgan fingerprint density at radius 2 is 2.07 bits per heavy atom. The molecule has 0 aliphatic heterocycles. The van der Waals surface area contributed by atoms with Crippen LogP contribution in [0.5, 0.6) is 5.88 Å². The van der Waals surface area contributed by atoms with Crippen molar-refractivity contribution < 1.29 is 14.3 Å². The van der Waals surface area contributed by atoms with Crippen molar-refractivity contribution in [3.05, 3.63) is 35.1 Å². The van der Waals surface area contributed by atoms with Gasteiger partial charge in [0.1, 0.15) is 5.15 Å². The first kappa shape index (κ1) is 19.7. The number of esters is 1. The average Bonchev–Trinajstić information content (AvgIpc) is 3.31. The van der Waals surface area contributed by atoms with E-state index in [9.17, 15) is 4.79 Å². The average molecular weight is 392 g/mol. The number of halogens is 1. The summed E-state index contributed by atoms with van der Waals surface area (Å²) in [4.78, 5) is 16.3. The quantitative estimate of drug-likeness (QED) is 0.482. The molecular weight excluding hydrogens is 366 g/mol. The molecule has 1 fully saturated rings. The topological polar surface area (TPSA) is 66.2 Å². The molecule has 0 N–H and O–H groups in total. The lowest BCUT2D eigenvalue weighted by molar-refractivity contribution is 0.0458. The minimum atomic E-state index is -0.468. The van der Waals surface area contributed by atoms with Crippen LogP contribution in [0.4, 0.5) is 0 Å². The van der Waals surface area contributed by atoms with E-state index < -0.39 is 5.97 Å². The molecule has 0 aromatic carbocycles. The Labute approximate surface area is 164 Å². The van der Waals surface area contributed by atoms with Crippen molar-refractivity contribution in [2.24, 2.45) is 11.8 Å². The Bertz CT molecular complexity index is 770. The van der Waals surface area contributed by atoms with Gasteiger partial charge in [-0.25, -0.2) is 14.5 Å². The van der Waals surface area contributed by atoms with E-state index in [0.717, 1.165) is 12.3 Å². The zero-order valence-electron chi connectivity index (χ0n) is 15.9. The summed E-state index contributed by atoms with van der Waals surface area (Å²) >= 11 is 6.17. The summed E-state index contributed by atoms with van der Waals surface area (Å²) in [6, 6.07) is 5.10. The molecule has 1 aliphatic rings. The van der Waals surface area contributed by atoms with Crippen molar-refractivity contribution in [2.75, 3.05) is 13.2 Å². The number of rotatable bonds is 8. The van der Waals surface area contributed by atoms with E-state index in [1.54, 1.807) is 29.1 Å². The van der Waals surface area contributed by atoms with Gasteiger partial charge < -0.3 is 9.47 Å². The number of carbonyl (C=O) groups is 1. The molecule has 0 radical (unpaired) electrons. The van der Waals surface area contributed by atoms with Gasteiger partial charge in [-0.15, -0.1) is 5.10 Å². The molecule has 3 rings (SSSR count). The molecule has 1 aliphatic carbocycles. The Balaban J connectivity index is 1.58. The van der Waals surface area contributed by atoms with Crippen molar-refractivity contribution in [1.29, 1.82) is 0 Å². The Morgan fingerprint density at radius 1 is 1.30 bits per heavy atom. The van der Waals surface area contributed by atoms with E-state index >= 15 is 0 Å². The zero-order chi connectivity index (χ0) is 19.2. The number of aromatic nitrogens is 3. The van der Waals surface area contributed by atoms with Crippen LogP contribution in [0.3, 0.4) is 0 Å². The SMILES string of the molecule is CC(C)COC(=O)c1ccc(-n2ccc(OCCC3CCCC3)n2)nc1Cl. The van der Waals surface area contributed by atoms with E-state index in [1.165, 1.54) is 25.7 Å². The predicted molar refractivity (Wildman–Crippen MR) is 104 cm³/mol. The summed E-state index contributed by atoms with van der Waals surface area (Å²) in [5.41, 5.74) is 0.251. The second kappa shape index (κ2) is 9.22. The molecule has 146 valence electrons. The summed E-state index contributed by atoms with van der Waals surface area (Å²) in [5, 5.41) is 4.47. The fourth-order valence-electron chi connectivity index (χ4n) is 3.17. The smallest absolute Gasteiger partial charge is 0.341 e. The van der Waals surface area contributed by atoms with Crippen molar-refractivity contribution in [2.45, 2.75) is 46.0 Å². The molecule has 6 nitrogen and oxygen atoms in total. The van der Waals surface area contributed by atoms with Gasteiger partial charge in [-0.3, -0.25) is 0 Å². The van der Waals surface area contributed by atoms with E-state index in [2.05, 4.69) is 10.1 Å². The summed E-state index contributed by atoms with van der Waals surface area (Å²) < 4.78 is 12.5. The summed E-state index contributed by atoms with van der Waals surface area (Å²) in [5.74, 6) is 1.66. The third-order valence-corrected chi connectivity index (χ3v) is 4.94. The largest absolute Gasteiger partial charge is 0.477 e. The van der Waals surface area contributed by atoms with E-state index in [4.69, 9.17) is 21.1 Å². The second-order valence-corrected chi connectivity index (χ2v) is 7.74. The number of pyridine rings is 1. The van der Waals surface area contributed by atoms with Crippen molar-refractivity contribution >= 4 is 17.6 Å². The molecule has 0 saturated heterocycles. The number of hydrogen-bond donors (Lipinski definition) is 0. The number of nitrogens with zero attached hydrogens (tertiary/aromatic N) is 3. The first-order valence-corrected chi connectivity index (χ1v) is 9.93. The molecule has 1 saturated carbocycles. The maximum absolute atomic E-state index is 12.1. The molecule has 2 heterocycles. The van der Waals surface area contributed by atoms with Gasteiger partial charge in [0.15, 0.2) is 5.82 Å². The number of carbonyl (C=O) groups excluding carboxylic acids is 1. The van der Waals surface area contributed by atoms with Crippen LogP contribution >= 0.6 is 11.6 Å². The highest BCUT2D eigenvalue weighted by molar-refractivity contribution is 6.32. The van der Waals surface area contributed by atoms with Crippen molar-refractivity contribution in [3.63, 3.8) is 0 Å². The molecule has 0 amide bonds. The fourth-order valence-corrected chi connectivity index (χ4v) is 3.39. The fraction of sp³-hybridized carbons (Fsp3) is 0.550. The molecule has 0 bridgehead atoms. The van der Waals surface area contributed by atoms with Crippen molar-refractivity contribution in [3.8, 4) is 11.7 Å². The second-order valence-electron chi connectivity index (χ2n) is 7.39. The molecule has 2 aromatic heterocycles. The van der Waals surface area contributed by atoms with Gasteiger partial charge >= 0.3 is 5.97 Å². The van der Waals surface area contributed by atoms with Gasteiger partial charge in [-0.2, -0.15) is 0 Å². The van der Waals surface area contributed by atoms with E-state index in [-0.39, 0.29) is 16.6 Å². The summed E-state index contributed by atoms with van der Waals surface area (Å²) in [6.07, 6.45) is 8.14. The lowest BCUT2D eigenvalue weighted by atomic mass is 10.1. The molecule has 0 spiro atoms. The first-order chi connectivity index (χ1) is 13.0. The Hall–Kier alpha value is -2.08. The first-order valence-electron chi connectivity index (χ1n) is 9.55. The molecule has 0 atom stereocenters. The predicted octanol–water partition coefficient (Wildman–Crippen LogP) is 4.69. The third-order valence-electron chi connectivity index (χ3n) is 4.65. The lowest BCUT2D eigenvalue weighted by Gasteiger charge is -2.09. The maximum atomic E-state index is 12.1. The van der Waals surface area contributed by atoms with Gasteiger partial charge in [0.05, 0.1) is 18.8 Å². The van der Waals surface area contributed by atoms with Crippen LogP contribution in [0, 0.1) is 11.8 Å². The van der Waals surface area contributed by atoms with Gasteiger partial charge in [0, 0.05) is 12.3 Å². The van der Waals surface area contributed by atoms with Crippen LogP contribution < -0.4 is 4.74 Å². The van der Waals surface area contributed by atoms with E-state index in [1.807, 2.05) is 13.8 Å². The van der Waals surface area contributed by atoms with Gasteiger partial charge in [0.2, 0.25) is 5.88 Å². The van der Waals surface area contributed by atoms with Crippen LogP contribution in [0.25, 0.3) is 5.82 Å². The third kappa shape index (κ3) is 5.45. The van der Waals surface area contributed by atoms with Crippen LogP contribution in [0.1, 0.15) is 56.3 Å². The molecule has 2 aromatic rings. The van der Waals surface area contributed by atoms with E-state index in [0.29, 0.717) is 24.9 Å². The standard InChI is InChI=1S/C20H26ClN3O3/c1-14(2)13-27-20(25)16-7-8-17(22-19(16)21)24-11-9-18(23-24)26-12-10-15-5-3-4-6-15/h7-9,11,14-15H,3-6,10,12-13H2,1-2H3. The maximum Gasteiger partial charge on any atom is 0.341 e. The van der Waals surface area contributed by atoms with Crippen LogP contribution in [0.2, 0.25) is 5.15 Å².